The Hall–Kier alpha value is -0.470. The van der Waals surface area contributed by atoms with Crippen molar-refractivity contribution < 1.29 is 37.5 Å². The topological polar surface area (TPSA) is 127 Å². The van der Waals surface area contributed by atoms with Gasteiger partial charge in [0.1, 0.15) is 8.46 Å². The molecule has 0 rings (SSSR count). The molecule has 0 saturated carbocycles. The molecule has 0 fully saturated rings. The summed E-state index contributed by atoms with van der Waals surface area (Å²) in [5, 5.41) is 16.0. The molecule has 0 aliphatic rings. The van der Waals surface area contributed by atoms with Crippen molar-refractivity contribution >= 4 is 24.3 Å². The average Bonchev–Trinajstić information content (AvgIpc) is 2.89. The minimum absolute atomic E-state index is 0.158. The van der Waals surface area contributed by atoms with Gasteiger partial charge in [0.05, 0.1) is 24.2 Å². The molecule has 0 saturated heterocycles. The molecule has 2 N–H and O–H groups in total. The number of carboxylic acid groups (broad SMARTS) is 1. The van der Waals surface area contributed by atoms with Crippen LogP contribution in [0.4, 0.5) is 0 Å². The SMILES string of the molecule is CCCCCCCCCCCS(=O)(=O)C(CCCCCCCC)CCOC(CC)OCC(O)([PH2]=O)C(=O)O. The first-order chi connectivity index (χ1) is 18.2. The van der Waals surface area contributed by atoms with Gasteiger partial charge in [0.25, 0.3) is 0 Å². The van der Waals surface area contributed by atoms with Gasteiger partial charge in [-0.25, -0.2) is 13.2 Å². The fraction of sp³-hybridized carbons (Fsp3) is 0.964. The standard InChI is InChI=1S/C28H57O8PS/c1-4-7-9-11-13-14-15-17-19-23-38(33,34)25(20-18-16-12-10-8-5-2)21-22-35-26(6-3)36-24-28(31,37-32)27(29)30/h25-26,31H,4-24,37H2,1-3H3,(H,29,30). The Morgan fingerprint density at radius 2 is 1.29 bits per heavy atom. The lowest BCUT2D eigenvalue weighted by atomic mass is 10.1. The molecule has 0 amide bonds. The van der Waals surface area contributed by atoms with E-state index in [-0.39, 0.29) is 12.4 Å². The van der Waals surface area contributed by atoms with E-state index < -0.39 is 47.8 Å². The third-order valence-electron chi connectivity index (χ3n) is 7.05. The fourth-order valence-electron chi connectivity index (χ4n) is 4.42. The van der Waals surface area contributed by atoms with Gasteiger partial charge in [-0.2, -0.15) is 0 Å². The predicted octanol–water partition coefficient (Wildman–Crippen LogP) is 6.74. The van der Waals surface area contributed by atoms with Crippen LogP contribution in [0.2, 0.25) is 0 Å². The lowest BCUT2D eigenvalue weighted by Gasteiger charge is -2.23. The summed E-state index contributed by atoms with van der Waals surface area (Å²) in [5.74, 6) is -1.39. The van der Waals surface area contributed by atoms with Gasteiger partial charge in [0.15, 0.2) is 16.1 Å². The molecule has 0 aromatic carbocycles. The first kappa shape index (κ1) is 37.5. The van der Waals surface area contributed by atoms with Crippen molar-refractivity contribution in [2.75, 3.05) is 19.0 Å². The number of carbonyl (C=O) groups is 1. The first-order valence-corrected chi connectivity index (χ1v) is 17.8. The molecule has 0 radical (unpaired) electrons. The van der Waals surface area contributed by atoms with Crippen molar-refractivity contribution in [3.63, 3.8) is 0 Å². The predicted molar refractivity (Wildman–Crippen MR) is 156 cm³/mol. The normalized spacial score (nSPS) is 15.6. The summed E-state index contributed by atoms with van der Waals surface area (Å²) in [6.07, 6.45) is 17.3. The van der Waals surface area contributed by atoms with Crippen LogP contribution in [0.5, 0.6) is 0 Å². The molecule has 10 heteroatoms. The smallest absolute Gasteiger partial charge is 0.345 e. The summed E-state index contributed by atoms with van der Waals surface area (Å²) in [4.78, 5) is 11.1. The Bertz CT molecular complexity index is 703. The maximum Gasteiger partial charge on any atom is 0.345 e. The number of unbranched alkanes of at least 4 members (excludes halogenated alkanes) is 13. The molecule has 4 unspecified atom stereocenters. The number of hydrogen-bond acceptors (Lipinski definition) is 7. The van der Waals surface area contributed by atoms with Crippen LogP contribution >= 0.6 is 8.46 Å². The number of ether oxygens (including phenoxy) is 2. The molecule has 4 atom stereocenters. The van der Waals surface area contributed by atoms with Crippen molar-refractivity contribution in [2.24, 2.45) is 0 Å². The van der Waals surface area contributed by atoms with Crippen LogP contribution in [-0.4, -0.2) is 60.4 Å². The lowest BCUT2D eigenvalue weighted by molar-refractivity contribution is -0.178. The van der Waals surface area contributed by atoms with E-state index in [9.17, 15) is 22.9 Å². The van der Waals surface area contributed by atoms with Crippen LogP contribution in [0.25, 0.3) is 0 Å². The molecule has 228 valence electrons. The summed E-state index contributed by atoms with van der Waals surface area (Å²) < 4.78 is 48.6. The summed E-state index contributed by atoms with van der Waals surface area (Å²) in [5.41, 5.74) is 0. The quantitative estimate of drug-likeness (QED) is 0.0588. The maximum atomic E-state index is 13.2. The number of aliphatic carboxylic acids is 1. The van der Waals surface area contributed by atoms with Gasteiger partial charge < -0.3 is 24.3 Å². The summed E-state index contributed by atoms with van der Waals surface area (Å²) in [7, 11) is -5.25. The van der Waals surface area contributed by atoms with Crippen LogP contribution < -0.4 is 0 Å². The van der Waals surface area contributed by atoms with Gasteiger partial charge in [-0.3, -0.25) is 0 Å². The highest BCUT2D eigenvalue weighted by atomic mass is 32.2. The molecule has 0 heterocycles. The first-order valence-electron chi connectivity index (χ1n) is 15.0. The third kappa shape index (κ3) is 18.0. The van der Waals surface area contributed by atoms with Gasteiger partial charge in [-0.1, -0.05) is 111 Å². The number of hydrogen-bond donors (Lipinski definition) is 2. The van der Waals surface area contributed by atoms with Gasteiger partial charge in [-0.05, 0) is 25.7 Å². The van der Waals surface area contributed by atoms with Crippen LogP contribution in [0.1, 0.15) is 136 Å². The van der Waals surface area contributed by atoms with E-state index in [1.165, 1.54) is 57.8 Å². The molecule has 0 bridgehead atoms. The Balaban J connectivity index is 4.73. The van der Waals surface area contributed by atoms with Crippen LogP contribution in [0.15, 0.2) is 0 Å². The minimum atomic E-state index is -3.26. The van der Waals surface area contributed by atoms with E-state index >= 15 is 0 Å². The molecule has 38 heavy (non-hydrogen) atoms. The molecule has 8 nitrogen and oxygen atoms in total. The van der Waals surface area contributed by atoms with E-state index in [0.717, 1.165) is 32.1 Å². The highest BCUT2D eigenvalue weighted by Crippen LogP contribution is 2.23. The Labute approximate surface area is 233 Å². The molecular weight excluding hydrogens is 527 g/mol. The van der Waals surface area contributed by atoms with Crippen LogP contribution in [0, 0.1) is 0 Å². The molecule has 0 aromatic heterocycles. The number of sulfone groups is 1. The highest BCUT2D eigenvalue weighted by molar-refractivity contribution is 7.92. The van der Waals surface area contributed by atoms with E-state index in [1.807, 2.05) is 0 Å². The molecular formula is C28H57O8PS. The molecule has 0 aliphatic heterocycles. The largest absolute Gasteiger partial charge is 0.479 e. The zero-order valence-electron chi connectivity index (χ0n) is 24.3. The molecule has 0 aromatic rings. The molecule has 0 aliphatic carbocycles. The zero-order chi connectivity index (χ0) is 28.7. The molecule has 0 spiro atoms. The maximum absolute atomic E-state index is 13.2. The Morgan fingerprint density at radius 1 is 0.789 bits per heavy atom. The van der Waals surface area contributed by atoms with Crippen LogP contribution in [0.3, 0.4) is 0 Å². The summed E-state index contributed by atoms with van der Waals surface area (Å²) in [6, 6.07) is 0. The van der Waals surface area contributed by atoms with Crippen molar-refractivity contribution in [1.82, 2.24) is 0 Å². The number of carboxylic acids is 1. The second-order valence-corrected chi connectivity index (χ2v) is 14.1. The number of aliphatic hydroxyl groups is 1. The van der Waals surface area contributed by atoms with Gasteiger partial charge in [0, 0.05) is 0 Å². The fourth-order valence-corrected chi connectivity index (χ4v) is 6.60. The van der Waals surface area contributed by atoms with Crippen LogP contribution in [-0.2, 0) is 28.7 Å². The second-order valence-electron chi connectivity index (χ2n) is 10.5. The summed E-state index contributed by atoms with van der Waals surface area (Å²) in [6.45, 7) is 5.68. The number of rotatable bonds is 28. The van der Waals surface area contributed by atoms with E-state index in [1.54, 1.807) is 6.92 Å². The lowest BCUT2D eigenvalue weighted by Crippen LogP contribution is -2.39. The third-order valence-corrected chi connectivity index (χ3v) is 10.2. The van der Waals surface area contributed by atoms with E-state index in [0.29, 0.717) is 25.7 Å². The monoisotopic (exact) mass is 584 g/mol. The van der Waals surface area contributed by atoms with Crippen molar-refractivity contribution in [3.05, 3.63) is 0 Å². The Kier molecular flexibility index (Phi) is 23.0. The van der Waals surface area contributed by atoms with Crippen molar-refractivity contribution in [2.45, 2.75) is 153 Å². The highest BCUT2D eigenvalue weighted by Gasteiger charge is 2.36. The van der Waals surface area contributed by atoms with Gasteiger partial charge in [0.2, 0.25) is 5.34 Å². The Morgan fingerprint density at radius 3 is 1.76 bits per heavy atom. The average molecular weight is 585 g/mol. The second kappa shape index (κ2) is 23.3. The zero-order valence-corrected chi connectivity index (χ0v) is 26.3. The van der Waals surface area contributed by atoms with Crippen molar-refractivity contribution in [1.29, 1.82) is 0 Å². The van der Waals surface area contributed by atoms with Gasteiger partial charge >= 0.3 is 5.97 Å². The van der Waals surface area contributed by atoms with Crippen molar-refractivity contribution in [3.8, 4) is 0 Å². The van der Waals surface area contributed by atoms with E-state index in [2.05, 4.69) is 13.8 Å². The summed E-state index contributed by atoms with van der Waals surface area (Å²) >= 11 is 0. The minimum Gasteiger partial charge on any atom is -0.479 e. The van der Waals surface area contributed by atoms with Gasteiger partial charge in [-0.15, -0.1) is 0 Å². The van der Waals surface area contributed by atoms with E-state index in [4.69, 9.17) is 14.6 Å².